The van der Waals surface area contributed by atoms with E-state index in [0.29, 0.717) is 12.8 Å². The first-order valence-electron chi connectivity index (χ1n) is 4.55. The van der Waals surface area contributed by atoms with Crippen LogP contribution in [0.5, 0.6) is 0 Å². The fourth-order valence-corrected chi connectivity index (χ4v) is 1.27. The topological polar surface area (TPSA) is 56.0 Å². The van der Waals surface area contributed by atoms with E-state index in [4.69, 9.17) is 5.73 Å². The van der Waals surface area contributed by atoms with Crippen LogP contribution in [0, 0.1) is 0 Å². The van der Waals surface area contributed by atoms with Crippen molar-refractivity contribution in [3.05, 3.63) is 29.6 Å². The monoisotopic (exact) mass is 196 g/mol. The molecule has 1 aromatic rings. The number of carbonyl (C=O) groups excluding carboxylic acids is 1. The number of amides is 1. The predicted molar refractivity (Wildman–Crippen MR) is 51.5 cm³/mol. The maximum absolute atomic E-state index is 13.5. The predicted octanol–water partition coefficient (Wildman–Crippen LogP) is 1.99. The third-order valence-electron chi connectivity index (χ3n) is 1.94. The van der Waals surface area contributed by atoms with Gasteiger partial charge >= 0.3 is 0 Å². The molecule has 0 radical (unpaired) electrons. The first-order valence-corrected chi connectivity index (χ1v) is 4.55. The molecule has 0 bridgehead atoms. The zero-order chi connectivity index (χ0) is 10.6. The van der Waals surface area contributed by atoms with Gasteiger partial charge in [0.2, 0.25) is 0 Å². The van der Waals surface area contributed by atoms with E-state index in [2.05, 4.69) is 4.98 Å². The van der Waals surface area contributed by atoms with Crippen LogP contribution in [0.3, 0.4) is 0 Å². The molecule has 2 N–H and O–H groups in total. The van der Waals surface area contributed by atoms with E-state index >= 15 is 0 Å². The van der Waals surface area contributed by atoms with Crippen LogP contribution in [0.25, 0.3) is 0 Å². The van der Waals surface area contributed by atoms with Crippen LogP contribution in [-0.2, 0) is 0 Å². The van der Waals surface area contributed by atoms with Gasteiger partial charge in [-0.3, -0.25) is 9.78 Å². The number of alkyl halides is 1. The zero-order valence-electron chi connectivity index (χ0n) is 8.03. The van der Waals surface area contributed by atoms with Crippen molar-refractivity contribution in [2.75, 3.05) is 0 Å². The van der Waals surface area contributed by atoms with E-state index in [-0.39, 0.29) is 11.3 Å². The summed E-state index contributed by atoms with van der Waals surface area (Å²) in [6.45, 7) is 1.87. The molecule has 1 rings (SSSR count). The average molecular weight is 196 g/mol. The van der Waals surface area contributed by atoms with Gasteiger partial charge in [0.05, 0.1) is 11.3 Å². The van der Waals surface area contributed by atoms with Crippen LogP contribution in [0.15, 0.2) is 18.3 Å². The third kappa shape index (κ3) is 2.28. The fraction of sp³-hybridized carbons (Fsp3) is 0.400. The number of pyridine rings is 1. The van der Waals surface area contributed by atoms with Crippen molar-refractivity contribution in [3.63, 3.8) is 0 Å². The Labute approximate surface area is 82.1 Å². The number of hydrogen-bond acceptors (Lipinski definition) is 2. The molecule has 1 heterocycles. The van der Waals surface area contributed by atoms with Crippen molar-refractivity contribution in [2.24, 2.45) is 5.73 Å². The highest BCUT2D eigenvalue weighted by atomic mass is 19.1. The summed E-state index contributed by atoms with van der Waals surface area (Å²) in [6, 6.07) is 3.06. The van der Waals surface area contributed by atoms with E-state index in [0.717, 1.165) is 0 Å². The lowest BCUT2D eigenvalue weighted by Crippen LogP contribution is -2.15. The number of hydrogen-bond donors (Lipinski definition) is 1. The molecule has 0 saturated carbocycles. The quantitative estimate of drug-likeness (QED) is 0.800. The third-order valence-corrected chi connectivity index (χ3v) is 1.94. The standard InChI is InChI=1S/C10H13FN2O/c1-2-4-8(11)9-7(10(12)14)5-3-6-13-9/h3,5-6,8H,2,4H2,1H3,(H2,12,14). The summed E-state index contributed by atoms with van der Waals surface area (Å²) in [7, 11) is 0. The van der Waals surface area contributed by atoms with Gasteiger partial charge in [0.15, 0.2) is 0 Å². The molecular weight excluding hydrogens is 183 g/mol. The van der Waals surface area contributed by atoms with Gasteiger partial charge in [-0.25, -0.2) is 4.39 Å². The first kappa shape index (κ1) is 10.6. The summed E-state index contributed by atoms with van der Waals surface area (Å²) in [6.07, 6.45) is 1.32. The molecule has 0 spiro atoms. The second-order valence-corrected chi connectivity index (χ2v) is 3.06. The number of carbonyl (C=O) groups is 1. The molecule has 14 heavy (non-hydrogen) atoms. The number of nitrogens with zero attached hydrogens (tertiary/aromatic N) is 1. The van der Waals surface area contributed by atoms with Crippen molar-refractivity contribution in [3.8, 4) is 0 Å². The van der Waals surface area contributed by atoms with Crippen LogP contribution in [0.1, 0.15) is 42.0 Å². The van der Waals surface area contributed by atoms with Crippen molar-refractivity contribution >= 4 is 5.91 Å². The highest BCUT2D eigenvalue weighted by molar-refractivity contribution is 5.93. The molecule has 0 aliphatic heterocycles. The minimum absolute atomic E-state index is 0.154. The largest absolute Gasteiger partial charge is 0.366 e. The van der Waals surface area contributed by atoms with Crippen molar-refractivity contribution < 1.29 is 9.18 Å². The molecule has 1 aromatic heterocycles. The van der Waals surface area contributed by atoms with Gasteiger partial charge in [0.25, 0.3) is 5.91 Å². The van der Waals surface area contributed by atoms with Crippen LogP contribution < -0.4 is 5.73 Å². The molecule has 0 fully saturated rings. The van der Waals surface area contributed by atoms with Crippen LogP contribution in [0.4, 0.5) is 4.39 Å². The lowest BCUT2D eigenvalue weighted by Gasteiger charge is -2.08. The first-order chi connectivity index (χ1) is 6.66. The summed E-state index contributed by atoms with van der Waals surface area (Å²) >= 11 is 0. The minimum Gasteiger partial charge on any atom is -0.366 e. The highest BCUT2D eigenvalue weighted by Gasteiger charge is 2.17. The molecule has 76 valence electrons. The molecule has 0 aliphatic rings. The molecule has 0 saturated heterocycles. The summed E-state index contributed by atoms with van der Waals surface area (Å²) in [5.74, 6) is -0.633. The Kier molecular flexibility index (Phi) is 3.56. The highest BCUT2D eigenvalue weighted by Crippen LogP contribution is 2.23. The van der Waals surface area contributed by atoms with Gasteiger partial charge in [-0.15, -0.1) is 0 Å². The van der Waals surface area contributed by atoms with Gasteiger partial charge in [0, 0.05) is 6.20 Å². The molecule has 0 aromatic carbocycles. The molecule has 3 nitrogen and oxygen atoms in total. The van der Waals surface area contributed by atoms with E-state index in [9.17, 15) is 9.18 Å². The lowest BCUT2D eigenvalue weighted by molar-refractivity contribution is 0.0996. The maximum atomic E-state index is 13.5. The zero-order valence-corrected chi connectivity index (χ0v) is 8.03. The van der Waals surface area contributed by atoms with Gasteiger partial charge in [-0.05, 0) is 18.6 Å². The van der Waals surface area contributed by atoms with Crippen molar-refractivity contribution in [1.82, 2.24) is 4.98 Å². The summed E-state index contributed by atoms with van der Waals surface area (Å²) in [5, 5.41) is 0. The molecular formula is C10H13FN2O. The van der Waals surface area contributed by atoms with E-state index in [1.807, 2.05) is 6.92 Å². The maximum Gasteiger partial charge on any atom is 0.250 e. The Morgan fingerprint density at radius 2 is 2.43 bits per heavy atom. The van der Waals surface area contributed by atoms with Gasteiger partial charge in [0.1, 0.15) is 6.17 Å². The van der Waals surface area contributed by atoms with Crippen molar-refractivity contribution in [2.45, 2.75) is 25.9 Å². The van der Waals surface area contributed by atoms with Crippen LogP contribution in [0.2, 0.25) is 0 Å². The minimum atomic E-state index is -1.20. The molecule has 1 unspecified atom stereocenters. The number of nitrogens with two attached hydrogens (primary N) is 1. The van der Waals surface area contributed by atoms with E-state index in [1.165, 1.54) is 12.3 Å². The Bertz CT molecular complexity index is 328. The number of halogens is 1. The summed E-state index contributed by atoms with van der Waals surface area (Å²) < 4.78 is 13.5. The summed E-state index contributed by atoms with van der Waals surface area (Å²) in [4.78, 5) is 14.8. The van der Waals surface area contributed by atoms with Crippen LogP contribution in [-0.4, -0.2) is 10.9 Å². The normalized spacial score (nSPS) is 12.4. The summed E-state index contributed by atoms with van der Waals surface area (Å²) in [5.41, 5.74) is 5.43. The van der Waals surface area contributed by atoms with Gasteiger partial charge in [-0.1, -0.05) is 13.3 Å². The van der Waals surface area contributed by atoms with E-state index in [1.54, 1.807) is 6.07 Å². The Morgan fingerprint density at radius 1 is 1.71 bits per heavy atom. The van der Waals surface area contributed by atoms with Crippen LogP contribution >= 0.6 is 0 Å². The number of rotatable bonds is 4. The second-order valence-electron chi connectivity index (χ2n) is 3.06. The Hall–Kier alpha value is -1.45. The van der Waals surface area contributed by atoms with Crippen molar-refractivity contribution in [1.29, 1.82) is 0 Å². The average Bonchev–Trinajstić information content (AvgIpc) is 2.18. The molecule has 4 heteroatoms. The Morgan fingerprint density at radius 3 is 3.00 bits per heavy atom. The molecule has 1 amide bonds. The van der Waals surface area contributed by atoms with Gasteiger partial charge in [-0.2, -0.15) is 0 Å². The number of primary amides is 1. The SMILES string of the molecule is CCCC(F)c1ncccc1C(N)=O. The second kappa shape index (κ2) is 4.69. The fourth-order valence-electron chi connectivity index (χ4n) is 1.27. The molecule has 1 atom stereocenters. The molecule has 0 aliphatic carbocycles. The smallest absolute Gasteiger partial charge is 0.250 e. The Balaban J connectivity index is 3.00. The van der Waals surface area contributed by atoms with Gasteiger partial charge < -0.3 is 5.73 Å². The number of aromatic nitrogens is 1. The lowest BCUT2D eigenvalue weighted by atomic mass is 10.1. The van der Waals surface area contributed by atoms with E-state index < -0.39 is 12.1 Å².